The second-order valence-electron chi connectivity index (χ2n) is 5.21. The lowest BCUT2D eigenvalue weighted by atomic mass is 10.2. The molecule has 7 heteroatoms. The van der Waals surface area contributed by atoms with Crippen LogP contribution in [0.4, 0.5) is 5.69 Å². The molecule has 3 N–H and O–H groups in total. The molecule has 26 heavy (non-hydrogen) atoms. The number of aliphatic imine (C=N–C) groups is 1. The maximum atomic E-state index is 11.1. The monoisotopic (exact) mass is 363 g/mol. The Morgan fingerprint density at radius 2 is 2.00 bits per heavy atom. The fourth-order valence-corrected chi connectivity index (χ4v) is 2.99. The first-order valence-corrected chi connectivity index (χ1v) is 8.38. The van der Waals surface area contributed by atoms with E-state index in [0.717, 1.165) is 11.3 Å². The van der Waals surface area contributed by atoms with Gasteiger partial charge in [-0.05, 0) is 24.1 Å². The van der Waals surface area contributed by atoms with E-state index in [1.165, 1.54) is 35.8 Å². The zero-order valence-electron chi connectivity index (χ0n) is 13.4. The molecule has 128 valence electrons. The first-order chi connectivity index (χ1) is 12.6. The molecule has 1 aromatic heterocycles. The van der Waals surface area contributed by atoms with Gasteiger partial charge in [0.05, 0.1) is 17.0 Å². The molecule has 0 aliphatic rings. The Kier molecular flexibility index (Phi) is 5.03. The lowest BCUT2D eigenvalue weighted by Crippen LogP contribution is -1.96. The summed E-state index contributed by atoms with van der Waals surface area (Å²) in [5.41, 5.74) is 2.25. The van der Waals surface area contributed by atoms with Crippen LogP contribution in [-0.2, 0) is 0 Å². The predicted molar refractivity (Wildman–Crippen MR) is 102 cm³/mol. The minimum absolute atomic E-state index is 0.236. The van der Waals surface area contributed by atoms with Gasteiger partial charge >= 0.3 is 5.97 Å². The predicted octanol–water partition coefficient (Wildman–Crippen LogP) is 4.25. The summed E-state index contributed by atoms with van der Waals surface area (Å²) in [4.78, 5) is 19.7. The van der Waals surface area contributed by atoms with Crippen molar-refractivity contribution in [1.82, 2.24) is 4.98 Å². The van der Waals surface area contributed by atoms with Gasteiger partial charge in [0.1, 0.15) is 16.3 Å². The van der Waals surface area contributed by atoms with Crippen LogP contribution in [-0.4, -0.2) is 33.3 Å². The van der Waals surface area contributed by atoms with Gasteiger partial charge in [-0.25, -0.2) is 9.78 Å². The van der Waals surface area contributed by atoms with E-state index in [1.54, 1.807) is 0 Å². The zero-order valence-corrected chi connectivity index (χ0v) is 14.2. The molecule has 3 aromatic rings. The van der Waals surface area contributed by atoms with Crippen LogP contribution in [0.5, 0.6) is 5.75 Å². The van der Waals surface area contributed by atoms with Gasteiger partial charge in [0.2, 0.25) is 0 Å². The number of hydrogen-bond acceptors (Lipinski definition) is 6. The SMILES string of the molecule is N=C=C(C=Nc1ccc(O)c(C(=O)O)c1)c1nc(-c2ccccc2)cs1. The number of thiazole rings is 1. The Morgan fingerprint density at radius 1 is 1.23 bits per heavy atom. The van der Waals surface area contributed by atoms with E-state index >= 15 is 0 Å². The Labute approximate surface area is 153 Å². The standard InChI is InChI=1S/C19H13N3O3S/c20-9-13(10-21-14-6-7-17(23)15(8-14)19(24)25)18-22-16(11-26-18)12-4-2-1-3-5-12/h1-8,10-11,20,23H,(H,24,25). The largest absolute Gasteiger partial charge is 0.507 e. The number of carboxylic acids is 1. The minimum atomic E-state index is -1.24. The summed E-state index contributed by atoms with van der Waals surface area (Å²) in [5.74, 6) is 0.734. The van der Waals surface area contributed by atoms with Gasteiger partial charge in [-0.15, -0.1) is 11.3 Å². The molecule has 3 rings (SSSR count). The number of hydrogen-bond donors (Lipinski definition) is 3. The molecule has 2 aromatic carbocycles. The average Bonchev–Trinajstić information content (AvgIpc) is 3.14. The molecule has 0 spiro atoms. The summed E-state index contributed by atoms with van der Waals surface area (Å²) in [6.07, 6.45) is 1.40. The fourth-order valence-electron chi connectivity index (χ4n) is 2.19. The summed E-state index contributed by atoms with van der Waals surface area (Å²) in [6, 6.07) is 13.7. The van der Waals surface area contributed by atoms with E-state index in [1.807, 2.05) is 35.7 Å². The smallest absolute Gasteiger partial charge is 0.339 e. The number of carboxylic acid groups (broad SMARTS) is 1. The summed E-state index contributed by atoms with van der Waals surface area (Å²) in [5, 5.41) is 28.5. The van der Waals surface area contributed by atoms with Crippen molar-refractivity contribution in [1.29, 1.82) is 5.41 Å². The van der Waals surface area contributed by atoms with Crippen LogP contribution in [0.25, 0.3) is 16.8 Å². The number of allylic oxidation sites excluding steroid dienone is 1. The third-order valence-electron chi connectivity index (χ3n) is 3.49. The molecule has 1 heterocycles. The molecule has 0 unspecified atom stereocenters. The topological polar surface area (TPSA) is 107 Å². The van der Waals surface area contributed by atoms with Crippen molar-refractivity contribution < 1.29 is 15.0 Å². The summed E-state index contributed by atoms with van der Waals surface area (Å²) in [6.45, 7) is 0. The van der Waals surface area contributed by atoms with Crippen molar-refractivity contribution in [3.63, 3.8) is 0 Å². The van der Waals surface area contributed by atoms with Crippen LogP contribution >= 0.6 is 11.3 Å². The Morgan fingerprint density at radius 3 is 2.69 bits per heavy atom. The number of aromatic nitrogens is 1. The second kappa shape index (κ2) is 7.57. The summed E-state index contributed by atoms with van der Waals surface area (Å²) >= 11 is 1.37. The van der Waals surface area contributed by atoms with Gasteiger partial charge in [-0.2, -0.15) is 0 Å². The Balaban J connectivity index is 1.86. The van der Waals surface area contributed by atoms with Crippen LogP contribution in [0.15, 0.2) is 58.9 Å². The van der Waals surface area contributed by atoms with Crippen LogP contribution in [0.3, 0.4) is 0 Å². The molecule has 0 saturated carbocycles. The normalized spacial score (nSPS) is 10.6. The molecule has 0 amide bonds. The van der Waals surface area contributed by atoms with Crippen molar-refractivity contribution in [3.8, 4) is 17.0 Å². The highest BCUT2D eigenvalue weighted by molar-refractivity contribution is 7.11. The van der Waals surface area contributed by atoms with Gasteiger partial charge in [0, 0.05) is 17.2 Å². The highest BCUT2D eigenvalue weighted by Crippen LogP contribution is 2.26. The van der Waals surface area contributed by atoms with Crippen molar-refractivity contribution in [2.75, 3.05) is 0 Å². The fraction of sp³-hybridized carbons (Fsp3) is 0. The summed E-state index contributed by atoms with van der Waals surface area (Å²) in [7, 11) is 0. The molecule has 0 saturated heterocycles. The number of nitrogens with one attached hydrogen (secondary N) is 1. The summed E-state index contributed by atoms with van der Waals surface area (Å²) < 4.78 is 0. The maximum Gasteiger partial charge on any atom is 0.339 e. The number of benzene rings is 2. The van der Waals surface area contributed by atoms with E-state index in [4.69, 9.17) is 10.5 Å². The number of nitrogens with zero attached hydrogens (tertiary/aromatic N) is 2. The number of phenols is 1. The molecule has 0 bridgehead atoms. The first kappa shape index (κ1) is 17.3. The average molecular weight is 363 g/mol. The zero-order chi connectivity index (χ0) is 18.5. The van der Waals surface area contributed by atoms with Gasteiger partial charge in [-0.3, -0.25) is 10.4 Å². The van der Waals surface area contributed by atoms with Crippen LogP contribution < -0.4 is 0 Å². The highest BCUT2D eigenvalue weighted by Gasteiger charge is 2.11. The third-order valence-corrected chi connectivity index (χ3v) is 4.37. The van der Waals surface area contributed by atoms with Crippen LogP contribution in [0, 0.1) is 5.41 Å². The highest BCUT2D eigenvalue weighted by atomic mass is 32.1. The minimum Gasteiger partial charge on any atom is -0.507 e. The van der Waals surface area contributed by atoms with Crippen molar-refractivity contribution in [2.45, 2.75) is 0 Å². The number of rotatable bonds is 5. The molecule has 6 nitrogen and oxygen atoms in total. The quantitative estimate of drug-likeness (QED) is 0.589. The van der Waals surface area contributed by atoms with Crippen LogP contribution in [0.1, 0.15) is 15.4 Å². The molecular formula is C19H13N3O3S. The van der Waals surface area contributed by atoms with Crippen molar-refractivity contribution in [2.24, 2.45) is 4.99 Å². The van der Waals surface area contributed by atoms with Crippen LogP contribution in [0.2, 0.25) is 0 Å². The van der Waals surface area contributed by atoms with E-state index in [9.17, 15) is 9.90 Å². The molecule has 0 aliphatic heterocycles. The number of carbonyl (C=O) groups is 1. The second-order valence-corrected chi connectivity index (χ2v) is 6.07. The first-order valence-electron chi connectivity index (χ1n) is 7.50. The Bertz CT molecular complexity index is 1040. The van der Waals surface area contributed by atoms with Gasteiger partial charge in [0.15, 0.2) is 0 Å². The van der Waals surface area contributed by atoms with E-state index < -0.39 is 5.97 Å². The molecule has 0 aliphatic carbocycles. The van der Waals surface area contributed by atoms with Gasteiger partial charge in [-0.1, -0.05) is 30.3 Å². The van der Waals surface area contributed by atoms with E-state index in [-0.39, 0.29) is 11.3 Å². The maximum absolute atomic E-state index is 11.1. The lowest BCUT2D eigenvalue weighted by molar-refractivity contribution is 0.0694. The van der Waals surface area contributed by atoms with Gasteiger partial charge in [0.25, 0.3) is 0 Å². The van der Waals surface area contributed by atoms with Gasteiger partial charge < -0.3 is 10.2 Å². The molecule has 0 atom stereocenters. The number of aromatic carboxylic acids is 1. The van der Waals surface area contributed by atoms with E-state index in [0.29, 0.717) is 16.3 Å². The van der Waals surface area contributed by atoms with Crippen molar-refractivity contribution >= 4 is 40.7 Å². The molecular weight excluding hydrogens is 350 g/mol. The Hall–Kier alpha value is -3.54. The van der Waals surface area contributed by atoms with Crippen molar-refractivity contribution in [3.05, 3.63) is 64.5 Å². The molecule has 0 fully saturated rings. The lowest BCUT2D eigenvalue weighted by Gasteiger charge is -2.00. The third kappa shape index (κ3) is 3.75. The molecule has 0 radical (unpaired) electrons. The number of aromatic hydroxyl groups is 1. The van der Waals surface area contributed by atoms with E-state index in [2.05, 4.69) is 15.8 Å².